The molecule has 0 aromatic rings. The third kappa shape index (κ3) is 31.9. The average Bonchev–Trinajstić information content (AvgIpc) is 2.85. The second-order valence-electron chi connectivity index (χ2n) is 10.0. The summed E-state index contributed by atoms with van der Waals surface area (Å²) in [6, 6.07) is 0. The fourth-order valence-corrected chi connectivity index (χ4v) is 4.64. The lowest BCUT2D eigenvalue weighted by Gasteiger charge is -2.27. The van der Waals surface area contributed by atoms with Gasteiger partial charge in [0.05, 0.1) is 6.10 Å². The van der Waals surface area contributed by atoms with Gasteiger partial charge in [0.2, 0.25) is 0 Å². The zero-order valence-electron chi connectivity index (χ0n) is 25.6. The van der Waals surface area contributed by atoms with Crippen molar-refractivity contribution in [2.45, 2.75) is 183 Å². The molecule has 0 rings (SSSR count). The van der Waals surface area contributed by atoms with Gasteiger partial charge in [-0.1, -0.05) is 158 Å². The highest BCUT2D eigenvalue weighted by Crippen LogP contribution is 2.16. The van der Waals surface area contributed by atoms with E-state index < -0.39 is 0 Å². The molecule has 0 aliphatic carbocycles. The van der Waals surface area contributed by atoms with E-state index in [2.05, 4.69) is 32.6 Å². The van der Waals surface area contributed by atoms with Crippen molar-refractivity contribution in [3.8, 4) is 0 Å². The number of nitrogens with zero attached hydrogens (tertiary/aromatic N) is 1. The molecular weight excluding hydrogens is 414 g/mol. The first kappa shape index (κ1) is 38.5. The molecule has 2 nitrogen and oxygen atoms in total. The Bertz CT molecular complexity index is 292. The minimum absolute atomic E-state index is 0.132. The molecule has 0 saturated carbocycles. The quantitative estimate of drug-likeness (QED) is 0.137. The summed E-state index contributed by atoms with van der Waals surface area (Å²) in [4.78, 5) is 2.53. The Morgan fingerprint density at radius 1 is 0.500 bits per heavy atom. The minimum Gasteiger partial charge on any atom is -0.392 e. The molecule has 2 atom stereocenters. The third-order valence-corrected chi connectivity index (χ3v) is 6.52. The Kier molecular flexibility index (Phi) is 39.7. The van der Waals surface area contributed by atoms with Crippen molar-refractivity contribution in [1.82, 2.24) is 4.90 Å². The second-order valence-corrected chi connectivity index (χ2v) is 10.0. The van der Waals surface area contributed by atoms with E-state index in [1.165, 1.54) is 122 Å². The fourth-order valence-electron chi connectivity index (χ4n) is 4.64. The molecule has 2 unspecified atom stereocenters. The summed E-state index contributed by atoms with van der Waals surface area (Å²) in [5, 5.41) is 10.5. The van der Waals surface area contributed by atoms with Crippen LogP contribution in [0.4, 0.5) is 0 Å². The van der Waals surface area contributed by atoms with E-state index >= 15 is 0 Å². The molecule has 0 amide bonds. The molecule has 0 radical (unpaired) electrons. The summed E-state index contributed by atoms with van der Waals surface area (Å²) in [6.45, 7) is 20.4. The van der Waals surface area contributed by atoms with E-state index in [0.717, 1.165) is 25.4 Å². The van der Waals surface area contributed by atoms with E-state index in [0.29, 0.717) is 0 Å². The molecule has 2 heteroatoms. The first-order valence-corrected chi connectivity index (χ1v) is 16.0. The number of hydrogen-bond acceptors (Lipinski definition) is 2. The van der Waals surface area contributed by atoms with Crippen LogP contribution in [0.3, 0.4) is 0 Å². The lowest BCUT2D eigenvalue weighted by Crippen LogP contribution is -2.36. The van der Waals surface area contributed by atoms with Crippen molar-refractivity contribution < 1.29 is 5.11 Å². The van der Waals surface area contributed by atoms with Crippen LogP contribution in [-0.4, -0.2) is 35.7 Å². The van der Waals surface area contributed by atoms with Crippen LogP contribution in [0.15, 0.2) is 0 Å². The van der Waals surface area contributed by atoms with E-state index in [1.807, 2.05) is 27.7 Å². The standard InChI is InChI=1S/C28H59NO.2C2H6/c1-5-8-10-12-14-16-18-20-22-27(4)25-29(24-7-3)26-28(30)23-21-19-17-15-13-11-9-6-2;2*1-2/h27-28,30H,5-26H2,1-4H3;2*1-2H3. The maximum Gasteiger partial charge on any atom is 0.0667 e. The molecule has 0 aliphatic rings. The molecule has 0 fully saturated rings. The number of aliphatic hydroxyl groups is 1. The lowest BCUT2D eigenvalue weighted by atomic mass is 10.0. The molecule has 0 aliphatic heterocycles. The van der Waals surface area contributed by atoms with Crippen LogP contribution in [0.1, 0.15) is 177 Å². The van der Waals surface area contributed by atoms with Gasteiger partial charge >= 0.3 is 0 Å². The van der Waals surface area contributed by atoms with Crippen molar-refractivity contribution >= 4 is 0 Å². The Morgan fingerprint density at radius 3 is 1.29 bits per heavy atom. The first-order chi connectivity index (χ1) is 16.6. The van der Waals surface area contributed by atoms with Gasteiger partial charge in [-0.15, -0.1) is 0 Å². The van der Waals surface area contributed by atoms with Crippen molar-refractivity contribution in [2.75, 3.05) is 19.6 Å². The van der Waals surface area contributed by atoms with Crippen molar-refractivity contribution in [3.05, 3.63) is 0 Å². The highest BCUT2D eigenvalue weighted by Gasteiger charge is 2.14. The zero-order valence-corrected chi connectivity index (χ0v) is 25.6. The van der Waals surface area contributed by atoms with Crippen molar-refractivity contribution in [1.29, 1.82) is 0 Å². The Morgan fingerprint density at radius 2 is 0.882 bits per heavy atom. The molecule has 0 aromatic heterocycles. The van der Waals surface area contributed by atoms with E-state index in [1.54, 1.807) is 0 Å². The van der Waals surface area contributed by atoms with Gasteiger partial charge < -0.3 is 10.0 Å². The molecule has 0 aromatic carbocycles. The van der Waals surface area contributed by atoms with Crippen LogP contribution < -0.4 is 0 Å². The minimum atomic E-state index is -0.132. The molecule has 0 spiro atoms. The predicted molar refractivity (Wildman–Crippen MR) is 159 cm³/mol. The van der Waals surface area contributed by atoms with Crippen LogP contribution in [0.5, 0.6) is 0 Å². The Labute approximate surface area is 219 Å². The SMILES string of the molecule is CC.CC.CCCCCCCCCCC(C)CN(CCC)CC(O)CCCCCCCCCC. The molecule has 210 valence electrons. The van der Waals surface area contributed by atoms with Gasteiger partial charge in [0, 0.05) is 13.1 Å². The highest BCUT2D eigenvalue weighted by molar-refractivity contribution is 4.68. The smallest absolute Gasteiger partial charge is 0.0667 e. The summed E-state index contributed by atoms with van der Waals surface area (Å²) in [5.74, 6) is 0.756. The summed E-state index contributed by atoms with van der Waals surface area (Å²) in [6.07, 6.45) is 25.4. The van der Waals surface area contributed by atoms with Crippen LogP contribution in [0, 0.1) is 5.92 Å². The summed E-state index contributed by atoms with van der Waals surface area (Å²) < 4.78 is 0. The number of unbranched alkanes of at least 4 members (excludes halogenated alkanes) is 14. The molecular formula is C32H71NO. The average molecular weight is 486 g/mol. The Hall–Kier alpha value is -0.0800. The monoisotopic (exact) mass is 486 g/mol. The summed E-state index contributed by atoms with van der Waals surface area (Å²) >= 11 is 0. The van der Waals surface area contributed by atoms with Crippen molar-refractivity contribution in [3.63, 3.8) is 0 Å². The molecule has 0 bridgehead atoms. The number of hydrogen-bond donors (Lipinski definition) is 1. The van der Waals surface area contributed by atoms with Crippen molar-refractivity contribution in [2.24, 2.45) is 5.92 Å². The summed E-state index contributed by atoms with van der Waals surface area (Å²) in [7, 11) is 0. The maximum atomic E-state index is 10.5. The van der Waals surface area contributed by atoms with E-state index in [4.69, 9.17) is 0 Å². The van der Waals surface area contributed by atoms with E-state index in [9.17, 15) is 5.11 Å². The molecule has 0 saturated heterocycles. The maximum absolute atomic E-state index is 10.5. The van der Waals surface area contributed by atoms with Gasteiger partial charge in [0.25, 0.3) is 0 Å². The Balaban J connectivity index is -0.00000227. The number of aliphatic hydroxyl groups excluding tert-OH is 1. The molecule has 0 heterocycles. The second kappa shape index (κ2) is 35.1. The largest absolute Gasteiger partial charge is 0.392 e. The fraction of sp³-hybridized carbons (Fsp3) is 1.00. The predicted octanol–water partition coefficient (Wildman–Crippen LogP) is 10.8. The molecule has 34 heavy (non-hydrogen) atoms. The van der Waals surface area contributed by atoms with Gasteiger partial charge in [-0.3, -0.25) is 0 Å². The van der Waals surface area contributed by atoms with Gasteiger partial charge in [0.1, 0.15) is 0 Å². The first-order valence-electron chi connectivity index (χ1n) is 16.0. The number of rotatable bonds is 24. The van der Waals surface area contributed by atoms with E-state index in [-0.39, 0.29) is 6.10 Å². The van der Waals surface area contributed by atoms with Gasteiger partial charge in [0.15, 0.2) is 0 Å². The van der Waals surface area contributed by atoms with Gasteiger partial charge in [-0.25, -0.2) is 0 Å². The van der Waals surface area contributed by atoms with Crippen LogP contribution in [-0.2, 0) is 0 Å². The van der Waals surface area contributed by atoms with Gasteiger partial charge in [-0.2, -0.15) is 0 Å². The normalized spacial score (nSPS) is 12.5. The van der Waals surface area contributed by atoms with Crippen LogP contribution >= 0.6 is 0 Å². The highest BCUT2D eigenvalue weighted by atomic mass is 16.3. The summed E-state index contributed by atoms with van der Waals surface area (Å²) in [5.41, 5.74) is 0. The van der Waals surface area contributed by atoms with Gasteiger partial charge in [-0.05, 0) is 31.7 Å². The third-order valence-electron chi connectivity index (χ3n) is 6.52. The lowest BCUT2D eigenvalue weighted by molar-refractivity contribution is 0.0941. The molecule has 1 N–H and O–H groups in total. The zero-order chi connectivity index (χ0) is 26.3. The topological polar surface area (TPSA) is 23.5 Å². The van der Waals surface area contributed by atoms with Crippen LogP contribution in [0.2, 0.25) is 0 Å². The van der Waals surface area contributed by atoms with Crippen LogP contribution in [0.25, 0.3) is 0 Å².